The van der Waals surface area contributed by atoms with Gasteiger partial charge in [-0.1, -0.05) is 0 Å². The van der Waals surface area contributed by atoms with E-state index in [4.69, 9.17) is 5.11 Å². The molecular formula is C10H22N2O. The molecule has 1 aliphatic heterocycles. The second-order valence-corrected chi connectivity index (χ2v) is 4.01. The quantitative estimate of drug-likeness (QED) is 0.606. The Kier molecular flexibility index (Phi) is 5.35. The van der Waals surface area contributed by atoms with Crippen molar-refractivity contribution in [2.75, 3.05) is 39.8 Å². The van der Waals surface area contributed by atoms with Crippen molar-refractivity contribution in [1.82, 2.24) is 10.2 Å². The first-order valence-electron chi connectivity index (χ1n) is 5.33. The molecule has 3 heteroatoms. The summed E-state index contributed by atoms with van der Waals surface area (Å²) in [7, 11) is 2.19. The molecule has 3 nitrogen and oxygen atoms in total. The van der Waals surface area contributed by atoms with Gasteiger partial charge >= 0.3 is 0 Å². The first-order chi connectivity index (χ1) is 6.33. The van der Waals surface area contributed by atoms with E-state index >= 15 is 0 Å². The fraction of sp³-hybridized carbons (Fsp3) is 1.00. The standard InChI is InChI=1S/C10H22N2O/c1-12-7-3-10(4-8-12)2-5-11-6-9-13/h10-11,13H,2-9H2,1H3. The number of piperidine rings is 1. The van der Waals surface area contributed by atoms with Crippen molar-refractivity contribution >= 4 is 0 Å². The summed E-state index contributed by atoms with van der Waals surface area (Å²) in [5.41, 5.74) is 0. The van der Waals surface area contributed by atoms with Crippen molar-refractivity contribution in [2.24, 2.45) is 5.92 Å². The van der Waals surface area contributed by atoms with Crippen LogP contribution in [0.3, 0.4) is 0 Å². The van der Waals surface area contributed by atoms with E-state index in [0.29, 0.717) is 0 Å². The molecule has 0 amide bonds. The van der Waals surface area contributed by atoms with E-state index in [9.17, 15) is 0 Å². The van der Waals surface area contributed by atoms with Crippen molar-refractivity contribution in [3.63, 3.8) is 0 Å². The maximum atomic E-state index is 8.57. The molecule has 1 rings (SSSR count). The molecule has 13 heavy (non-hydrogen) atoms. The third-order valence-electron chi connectivity index (χ3n) is 2.86. The van der Waals surface area contributed by atoms with Gasteiger partial charge in [-0.05, 0) is 51.9 Å². The first kappa shape index (κ1) is 11.0. The summed E-state index contributed by atoms with van der Waals surface area (Å²) >= 11 is 0. The lowest BCUT2D eigenvalue weighted by Gasteiger charge is -2.28. The number of nitrogens with zero attached hydrogens (tertiary/aromatic N) is 1. The number of rotatable bonds is 5. The van der Waals surface area contributed by atoms with Crippen LogP contribution in [0.1, 0.15) is 19.3 Å². The Bertz CT molecular complexity index is 122. The zero-order valence-corrected chi connectivity index (χ0v) is 8.63. The van der Waals surface area contributed by atoms with Gasteiger partial charge in [-0.3, -0.25) is 0 Å². The Morgan fingerprint density at radius 1 is 1.31 bits per heavy atom. The van der Waals surface area contributed by atoms with E-state index in [0.717, 1.165) is 19.0 Å². The Balaban J connectivity index is 1.96. The van der Waals surface area contributed by atoms with Crippen LogP contribution in [0.15, 0.2) is 0 Å². The number of nitrogens with one attached hydrogen (secondary N) is 1. The molecule has 1 fully saturated rings. The van der Waals surface area contributed by atoms with Crippen molar-refractivity contribution < 1.29 is 5.11 Å². The van der Waals surface area contributed by atoms with E-state index in [1.807, 2.05) is 0 Å². The molecule has 0 spiro atoms. The van der Waals surface area contributed by atoms with Gasteiger partial charge in [0.2, 0.25) is 0 Å². The molecule has 0 unspecified atom stereocenters. The lowest BCUT2D eigenvalue weighted by Crippen LogP contribution is -2.32. The molecule has 1 heterocycles. The molecule has 78 valence electrons. The molecule has 0 aromatic rings. The zero-order chi connectivity index (χ0) is 9.52. The number of aliphatic hydroxyl groups is 1. The predicted octanol–water partition coefficient (Wildman–Crippen LogP) is 0.300. The molecule has 0 saturated carbocycles. The number of likely N-dealkylation sites (tertiary alicyclic amines) is 1. The lowest BCUT2D eigenvalue weighted by atomic mass is 9.94. The van der Waals surface area contributed by atoms with Crippen molar-refractivity contribution in [2.45, 2.75) is 19.3 Å². The minimum Gasteiger partial charge on any atom is -0.395 e. The van der Waals surface area contributed by atoms with E-state index < -0.39 is 0 Å². The lowest BCUT2D eigenvalue weighted by molar-refractivity contribution is 0.210. The average Bonchev–Trinajstić information content (AvgIpc) is 2.15. The van der Waals surface area contributed by atoms with Crippen LogP contribution < -0.4 is 5.32 Å². The van der Waals surface area contributed by atoms with Crippen molar-refractivity contribution in [3.8, 4) is 0 Å². The predicted molar refractivity (Wildman–Crippen MR) is 54.8 cm³/mol. The molecule has 0 radical (unpaired) electrons. The minimum absolute atomic E-state index is 0.257. The molecule has 0 atom stereocenters. The average molecular weight is 186 g/mol. The van der Waals surface area contributed by atoms with Crippen LogP contribution in [0, 0.1) is 5.92 Å². The molecule has 1 saturated heterocycles. The molecular weight excluding hydrogens is 164 g/mol. The van der Waals surface area contributed by atoms with Gasteiger partial charge < -0.3 is 15.3 Å². The molecule has 1 aliphatic rings. The van der Waals surface area contributed by atoms with Gasteiger partial charge in [0, 0.05) is 6.54 Å². The van der Waals surface area contributed by atoms with E-state index in [1.54, 1.807) is 0 Å². The molecule has 0 aromatic carbocycles. The van der Waals surface area contributed by atoms with Crippen LogP contribution >= 0.6 is 0 Å². The second kappa shape index (κ2) is 6.35. The van der Waals surface area contributed by atoms with E-state index in [-0.39, 0.29) is 6.61 Å². The van der Waals surface area contributed by atoms with Crippen LogP contribution in [0.2, 0.25) is 0 Å². The minimum atomic E-state index is 0.257. The van der Waals surface area contributed by atoms with Gasteiger partial charge in [0.05, 0.1) is 6.61 Å². The summed E-state index contributed by atoms with van der Waals surface area (Å²) in [4.78, 5) is 2.40. The SMILES string of the molecule is CN1CCC(CCNCCO)CC1. The smallest absolute Gasteiger partial charge is 0.0555 e. The van der Waals surface area contributed by atoms with Crippen LogP contribution in [0.25, 0.3) is 0 Å². The zero-order valence-electron chi connectivity index (χ0n) is 8.63. The normalized spacial score (nSPS) is 20.8. The fourth-order valence-electron chi connectivity index (χ4n) is 1.86. The Hall–Kier alpha value is -0.120. The third-order valence-corrected chi connectivity index (χ3v) is 2.86. The molecule has 0 aliphatic carbocycles. The Morgan fingerprint density at radius 3 is 2.62 bits per heavy atom. The van der Waals surface area contributed by atoms with Crippen molar-refractivity contribution in [3.05, 3.63) is 0 Å². The van der Waals surface area contributed by atoms with Gasteiger partial charge in [-0.25, -0.2) is 0 Å². The van der Waals surface area contributed by atoms with E-state index in [1.165, 1.54) is 32.4 Å². The summed E-state index contributed by atoms with van der Waals surface area (Å²) in [6.45, 7) is 4.57. The van der Waals surface area contributed by atoms with Crippen LogP contribution in [0.4, 0.5) is 0 Å². The van der Waals surface area contributed by atoms with Crippen molar-refractivity contribution in [1.29, 1.82) is 0 Å². The van der Waals surface area contributed by atoms with Gasteiger partial charge in [0.25, 0.3) is 0 Å². The Morgan fingerprint density at radius 2 is 2.00 bits per heavy atom. The number of hydrogen-bond donors (Lipinski definition) is 2. The highest BCUT2D eigenvalue weighted by molar-refractivity contribution is 4.70. The van der Waals surface area contributed by atoms with Gasteiger partial charge in [-0.2, -0.15) is 0 Å². The number of aliphatic hydroxyl groups excluding tert-OH is 1. The summed E-state index contributed by atoms with van der Waals surface area (Å²) in [5, 5.41) is 11.8. The van der Waals surface area contributed by atoms with Crippen LogP contribution in [-0.4, -0.2) is 49.8 Å². The summed E-state index contributed by atoms with van der Waals surface area (Å²) in [6, 6.07) is 0. The largest absolute Gasteiger partial charge is 0.395 e. The van der Waals surface area contributed by atoms with Crippen LogP contribution in [0.5, 0.6) is 0 Å². The number of hydrogen-bond acceptors (Lipinski definition) is 3. The maximum Gasteiger partial charge on any atom is 0.0555 e. The Labute approximate surface area is 81.1 Å². The van der Waals surface area contributed by atoms with Gasteiger partial charge in [0.15, 0.2) is 0 Å². The van der Waals surface area contributed by atoms with Crippen LogP contribution in [-0.2, 0) is 0 Å². The third kappa shape index (κ3) is 4.60. The highest BCUT2D eigenvalue weighted by Crippen LogP contribution is 2.18. The summed E-state index contributed by atoms with van der Waals surface area (Å²) in [5.74, 6) is 0.905. The van der Waals surface area contributed by atoms with Gasteiger partial charge in [0.1, 0.15) is 0 Å². The molecule has 0 aromatic heterocycles. The van der Waals surface area contributed by atoms with Gasteiger partial charge in [-0.15, -0.1) is 0 Å². The van der Waals surface area contributed by atoms with E-state index in [2.05, 4.69) is 17.3 Å². The monoisotopic (exact) mass is 186 g/mol. The topological polar surface area (TPSA) is 35.5 Å². The maximum absolute atomic E-state index is 8.57. The fourth-order valence-corrected chi connectivity index (χ4v) is 1.86. The summed E-state index contributed by atoms with van der Waals surface area (Å²) in [6.07, 6.45) is 3.96. The summed E-state index contributed by atoms with van der Waals surface area (Å²) < 4.78 is 0. The highest BCUT2D eigenvalue weighted by atomic mass is 16.3. The molecule has 0 bridgehead atoms. The second-order valence-electron chi connectivity index (χ2n) is 4.01. The molecule has 2 N–H and O–H groups in total. The first-order valence-corrected chi connectivity index (χ1v) is 5.33. The highest BCUT2D eigenvalue weighted by Gasteiger charge is 2.15.